The summed E-state index contributed by atoms with van der Waals surface area (Å²) in [5.74, 6) is 4.67. The lowest BCUT2D eigenvalue weighted by Gasteiger charge is -2.25. The second kappa shape index (κ2) is 7.22. The first-order valence-corrected chi connectivity index (χ1v) is 10.6. The Morgan fingerprint density at radius 3 is 1.92 bits per heavy atom. The van der Waals surface area contributed by atoms with Crippen LogP contribution >= 0.6 is 7.29 Å². The molecule has 3 N–H and O–H groups in total. The Bertz CT molecular complexity index is 821. The molecule has 2 heterocycles. The molecule has 2 unspecified atom stereocenters. The molecule has 0 amide bonds. The van der Waals surface area contributed by atoms with Crippen molar-refractivity contribution < 1.29 is 9.30 Å². The fraction of sp³-hybridized carbons (Fsp3) is 0.200. The molecule has 4 rings (SSSR count). The van der Waals surface area contributed by atoms with E-state index < -0.39 is 7.29 Å². The minimum Gasteiger partial charge on any atom is -0.456 e. The second-order valence-corrected chi connectivity index (χ2v) is 8.83. The molecule has 0 aliphatic carbocycles. The molecular formula is C20H22N3O2P. The Hall–Kier alpha value is -2.17. The van der Waals surface area contributed by atoms with Crippen molar-refractivity contribution in [2.24, 2.45) is 0 Å². The minimum absolute atomic E-state index is 0.0597. The fourth-order valence-corrected chi connectivity index (χ4v) is 5.13. The van der Waals surface area contributed by atoms with Crippen LogP contribution in [0.2, 0.25) is 0 Å². The first-order valence-electron chi connectivity index (χ1n) is 8.74. The van der Waals surface area contributed by atoms with Crippen molar-refractivity contribution in [3.05, 3.63) is 83.4 Å². The van der Waals surface area contributed by atoms with Crippen molar-refractivity contribution in [3.8, 4) is 0 Å². The molecule has 134 valence electrons. The summed E-state index contributed by atoms with van der Waals surface area (Å²) in [5.41, 5.74) is 8.12. The van der Waals surface area contributed by atoms with Crippen LogP contribution in [0.25, 0.3) is 11.5 Å². The molecule has 1 saturated heterocycles. The Morgan fingerprint density at radius 2 is 1.46 bits per heavy atom. The molecular weight excluding hydrogens is 345 g/mol. The van der Waals surface area contributed by atoms with Crippen molar-refractivity contribution in [3.63, 3.8) is 0 Å². The van der Waals surface area contributed by atoms with Gasteiger partial charge in [0.05, 0.1) is 6.17 Å². The topological polar surface area (TPSA) is 62.4 Å². The fourth-order valence-electron chi connectivity index (χ4n) is 3.15. The van der Waals surface area contributed by atoms with Crippen LogP contribution < -0.4 is 15.9 Å². The quantitative estimate of drug-likeness (QED) is 0.711. The smallest absolute Gasteiger partial charge is 0.199 e. The minimum atomic E-state index is -2.93. The highest BCUT2D eigenvalue weighted by Crippen LogP contribution is 2.53. The monoisotopic (exact) mass is 367 g/mol. The van der Waals surface area contributed by atoms with Crippen LogP contribution in [-0.4, -0.2) is 12.2 Å². The predicted octanol–water partition coefficient (Wildman–Crippen LogP) is 4.09. The molecule has 6 heteroatoms. The van der Waals surface area contributed by atoms with Gasteiger partial charge in [0.15, 0.2) is 7.29 Å². The first-order chi connectivity index (χ1) is 12.6. The van der Waals surface area contributed by atoms with E-state index in [0.717, 1.165) is 17.5 Å². The molecule has 2 atom stereocenters. The molecule has 5 nitrogen and oxygen atoms in total. The van der Waals surface area contributed by atoms with Crippen LogP contribution in [0, 0.1) is 0 Å². The van der Waals surface area contributed by atoms with E-state index in [2.05, 4.69) is 22.9 Å². The standard InChI is InChI=1S/C20H22N3O2P/c1-15-12-20(22-21-15)23-26(24)13-18(16-8-4-2-5-9-16)25-19(14-26)17-10-6-3-7-11-17/h2-11,13-15,20-22H,12H2,1H3,(H,23,24). The van der Waals surface area contributed by atoms with Gasteiger partial charge in [-0.15, -0.1) is 0 Å². The van der Waals surface area contributed by atoms with Crippen molar-refractivity contribution >= 4 is 18.8 Å². The molecule has 2 aromatic rings. The number of ether oxygens (including phenoxy) is 1. The number of hydrogen-bond donors (Lipinski definition) is 3. The van der Waals surface area contributed by atoms with Gasteiger partial charge < -0.3 is 4.74 Å². The maximum atomic E-state index is 13.7. The molecule has 0 spiro atoms. The molecule has 0 saturated carbocycles. The Balaban J connectivity index is 1.70. The van der Waals surface area contributed by atoms with Crippen LogP contribution in [0.3, 0.4) is 0 Å². The van der Waals surface area contributed by atoms with Crippen molar-refractivity contribution in [2.45, 2.75) is 25.6 Å². The average Bonchev–Trinajstić information content (AvgIpc) is 3.06. The summed E-state index contributed by atoms with van der Waals surface area (Å²) in [6.07, 6.45) is 0.795. The third-order valence-corrected chi connectivity index (χ3v) is 6.36. The molecule has 2 aliphatic rings. The van der Waals surface area contributed by atoms with Gasteiger partial charge in [0.25, 0.3) is 0 Å². The maximum Gasteiger partial charge on any atom is 0.199 e. The highest BCUT2D eigenvalue weighted by atomic mass is 31.2. The zero-order chi connectivity index (χ0) is 18.0. The Kier molecular flexibility index (Phi) is 4.79. The van der Waals surface area contributed by atoms with E-state index in [4.69, 9.17) is 4.74 Å². The summed E-state index contributed by atoms with van der Waals surface area (Å²) in [5, 5.41) is 3.27. The van der Waals surface area contributed by atoms with Crippen molar-refractivity contribution in [1.82, 2.24) is 15.9 Å². The van der Waals surface area contributed by atoms with Gasteiger partial charge in [-0.05, 0) is 13.3 Å². The molecule has 1 fully saturated rings. The lowest BCUT2D eigenvalue weighted by atomic mass is 10.2. The summed E-state index contributed by atoms with van der Waals surface area (Å²) in [4.78, 5) is 0. The molecule has 26 heavy (non-hydrogen) atoms. The van der Waals surface area contributed by atoms with Gasteiger partial charge >= 0.3 is 0 Å². The van der Waals surface area contributed by atoms with E-state index in [1.54, 1.807) is 11.6 Å². The van der Waals surface area contributed by atoms with Gasteiger partial charge in [0.1, 0.15) is 11.5 Å². The van der Waals surface area contributed by atoms with Gasteiger partial charge in [-0.3, -0.25) is 9.99 Å². The molecule has 0 aromatic heterocycles. The zero-order valence-corrected chi connectivity index (χ0v) is 15.4. The van der Waals surface area contributed by atoms with Crippen LogP contribution in [0.5, 0.6) is 0 Å². The van der Waals surface area contributed by atoms with Gasteiger partial charge in [-0.2, -0.15) is 0 Å². The van der Waals surface area contributed by atoms with Crippen molar-refractivity contribution in [1.29, 1.82) is 0 Å². The van der Waals surface area contributed by atoms with E-state index in [0.29, 0.717) is 17.6 Å². The average molecular weight is 367 g/mol. The van der Waals surface area contributed by atoms with Gasteiger partial charge in [-0.25, -0.2) is 10.5 Å². The number of nitrogens with one attached hydrogen (secondary N) is 3. The van der Waals surface area contributed by atoms with Crippen LogP contribution in [0.4, 0.5) is 0 Å². The highest BCUT2D eigenvalue weighted by molar-refractivity contribution is 7.68. The van der Waals surface area contributed by atoms with Crippen molar-refractivity contribution in [2.75, 3.05) is 0 Å². The number of benzene rings is 2. The number of hydrazine groups is 1. The number of rotatable bonds is 4. The van der Waals surface area contributed by atoms with Crippen LogP contribution in [0.1, 0.15) is 24.5 Å². The molecule has 2 aliphatic heterocycles. The van der Waals surface area contributed by atoms with E-state index in [-0.39, 0.29) is 6.17 Å². The summed E-state index contributed by atoms with van der Waals surface area (Å²) in [6, 6.07) is 19.9. The predicted molar refractivity (Wildman–Crippen MR) is 105 cm³/mol. The maximum absolute atomic E-state index is 13.7. The van der Waals surface area contributed by atoms with Crippen LogP contribution in [-0.2, 0) is 9.30 Å². The third-order valence-electron chi connectivity index (χ3n) is 4.41. The van der Waals surface area contributed by atoms with E-state index in [1.165, 1.54) is 0 Å². The Morgan fingerprint density at radius 1 is 0.923 bits per heavy atom. The van der Waals surface area contributed by atoms with Gasteiger partial charge in [0, 0.05) is 28.8 Å². The van der Waals surface area contributed by atoms with E-state index in [1.807, 2.05) is 60.7 Å². The summed E-state index contributed by atoms with van der Waals surface area (Å²) in [7, 11) is -2.93. The van der Waals surface area contributed by atoms with E-state index in [9.17, 15) is 4.57 Å². The van der Waals surface area contributed by atoms with E-state index >= 15 is 0 Å². The number of hydrogen-bond acceptors (Lipinski definition) is 4. The lowest BCUT2D eigenvalue weighted by molar-refractivity contribution is 0.465. The molecule has 0 radical (unpaired) electrons. The SMILES string of the molecule is CC1CC(NP2(=O)C=C(c3ccccc3)OC(c3ccccc3)=C2)NN1. The van der Waals surface area contributed by atoms with Gasteiger partial charge in [-0.1, -0.05) is 60.7 Å². The lowest BCUT2D eigenvalue weighted by Crippen LogP contribution is -2.39. The largest absolute Gasteiger partial charge is 0.456 e. The highest BCUT2D eigenvalue weighted by Gasteiger charge is 2.31. The summed E-state index contributed by atoms with van der Waals surface area (Å²) < 4.78 is 19.8. The normalized spacial score (nSPS) is 24.5. The third kappa shape index (κ3) is 3.81. The first kappa shape index (κ1) is 17.3. The Labute approximate surface area is 153 Å². The molecule has 0 bridgehead atoms. The summed E-state index contributed by atoms with van der Waals surface area (Å²) >= 11 is 0. The van der Waals surface area contributed by atoms with Gasteiger partial charge in [0.2, 0.25) is 0 Å². The second-order valence-electron chi connectivity index (χ2n) is 6.64. The molecule has 2 aromatic carbocycles. The zero-order valence-electron chi connectivity index (χ0n) is 14.6. The summed E-state index contributed by atoms with van der Waals surface area (Å²) in [6.45, 7) is 2.09. The van der Waals surface area contributed by atoms with Crippen LogP contribution in [0.15, 0.2) is 72.3 Å².